The normalized spacial score (nSPS) is 20.0. The molecule has 9 heteroatoms. The van der Waals surface area contributed by atoms with E-state index in [2.05, 4.69) is 5.32 Å². The number of hydrogen-bond donors (Lipinski definition) is 1. The molecule has 1 atom stereocenters. The van der Waals surface area contributed by atoms with Gasteiger partial charge < -0.3 is 15.0 Å². The number of ether oxygens (including phenoxy) is 1. The molecule has 7 nitrogen and oxygen atoms in total. The minimum atomic E-state index is -0.644. The topological polar surface area (TPSA) is 84.7 Å². The van der Waals surface area contributed by atoms with Gasteiger partial charge >= 0.3 is 5.97 Å². The lowest BCUT2D eigenvalue weighted by molar-refractivity contribution is -0.384. The molecule has 1 aliphatic heterocycles. The summed E-state index contributed by atoms with van der Waals surface area (Å²) in [7, 11) is 0. The minimum Gasteiger partial charge on any atom is -0.459 e. The molecule has 2 aliphatic rings. The number of carbonyl (C=O) groups is 1. The van der Waals surface area contributed by atoms with Crippen molar-refractivity contribution < 1.29 is 14.5 Å². The lowest BCUT2D eigenvalue weighted by atomic mass is 9.94. The van der Waals surface area contributed by atoms with E-state index in [0.717, 1.165) is 18.5 Å². The largest absolute Gasteiger partial charge is 0.459 e. The van der Waals surface area contributed by atoms with Crippen molar-refractivity contribution in [1.29, 1.82) is 0 Å². The van der Waals surface area contributed by atoms with Crippen molar-refractivity contribution in [2.24, 2.45) is 0 Å². The number of nitro benzene ring substituents is 1. The van der Waals surface area contributed by atoms with E-state index in [-0.39, 0.29) is 22.9 Å². The lowest BCUT2D eigenvalue weighted by Crippen LogP contribution is -2.48. The SMILES string of the molecule is CC1=C(C(=O)OC(C)C)C(c2ccc(Cl)c([N+](=O)[O-])c2)NC(=S)N1C1CC1. The van der Waals surface area contributed by atoms with Crippen LogP contribution in [0.4, 0.5) is 5.69 Å². The molecule has 1 aromatic carbocycles. The zero-order valence-corrected chi connectivity index (χ0v) is 16.8. The van der Waals surface area contributed by atoms with Gasteiger partial charge in [-0.1, -0.05) is 17.7 Å². The van der Waals surface area contributed by atoms with Gasteiger partial charge in [-0.15, -0.1) is 0 Å². The second kappa shape index (κ2) is 7.44. The van der Waals surface area contributed by atoms with E-state index in [4.69, 9.17) is 28.6 Å². The van der Waals surface area contributed by atoms with Crippen LogP contribution in [0, 0.1) is 10.1 Å². The summed E-state index contributed by atoms with van der Waals surface area (Å²) in [6.45, 7) is 5.38. The molecule has 1 N–H and O–H groups in total. The van der Waals surface area contributed by atoms with Gasteiger partial charge in [0.15, 0.2) is 5.11 Å². The number of thiocarbonyl (C=S) groups is 1. The Hall–Kier alpha value is -2.19. The smallest absolute Gasteiger partial charge is 0.338 e. The fourth-order valence-electron chi connectivity index (χ4n) is 3.17. The number of nitrogens with one attached hydrogen (secondary N) is 1. The summed E-state index contributed by atoms with van der Waals surface area (Å²) in [5.74, 6) is -0.467. The van der Waals surface area contributed by atoms with Crippen LogP contribution in [0.15, 0.2) is 29.5 Å². The van der Waals surface area contributed by atoms with Crippen LogP contribution in [0.1, 0.15) is 45.2 Å². The Bertz CT molecular complexity index is 851. The highest BCUT2D eigenvalue weighted by Crippen LogP contribution is 2.39. The Kier molecular flexibility index (Phi) is 5.39. The Labute approximate surface area is 167 Å². The zero-order chi connectivity index (χ0) is 19.9. The van der Waals surface area contributed by atoms with E-state index in [0.29, 0.717) is 16.2 Å². The van der Waals surface area contributed by atoms with Gasteiger partial charge in [-0.3, -0.25) is 10.1 Å². The Morgan fingerprint density at radius 3 is 2.67 bits per heavy atom. The first-order chi connectivity index (χ1) is 12.7. The number of hydrogen-bond acceptors (Lipinski definition) is 5. The molecule has 0 spiro atoms. The average Bonchev–Trinajstić information content (AvgIpc) is 3.38. The number of esters is 1. The number of halogens is 1. The molecule has 0 amide bonds. The molecular weight excluding hydrogens is 390 g/mol. The number of nitro groups is 1. The number of carbonyl (C=O) groups excluding carboxylic acids is 1. The first kappa shape index (κ1) is 19.6. The van der Waals surface area contributed by atoms with Gasteiger partial charge in [0.25, 0.3) is 5.69 Å². The first-order valence-corrected chi connectivity index (χ1v) is 9.44. The predicted molar refractivity (Wildman–Crippen MR) is 105 cm³/mol. The molecule has 1 saturated carbocycles. The van der Waals surface area contributed by atoms with Crippen molar-refractivity contribution in [1.82, 2.24) is 10.2 Å². The number of rotatable bonds is 5. The van der Waals surface area contributed by atoms with E-state index in [9.17, 15) is 14.9 Å². The third-order valence-electron chi connectivity index (χ3n) is 4.50. The van der Waals surface area contributed by atoms with Crippen LogP contribution in [0.2, 0.25) is 5.02 Å². The van der Waals surface area contributed by atoms with Crippen molar-refractivity contribution in [3.8, 4) is 0 Å². The molecular formula is C18H20ClN3O4S. The summed E-state index contributed by atoms with van der Waals surface area (Å²) >= 11 is 11.4. The van der Waals surface area contributed by atoms with Crippen molar-refractivity contribution in [2.45, 2.75) is 51.8 Å². The van der Waals surface area contributed by atoms with Gasteiger partial charge in [-0.05, 0) is 57.5 Å². The van der Waals surface area contributed by atoms with Crippen LogP contribution in [0.25, 0.3) is 0 Å². The highest BCUT2D eigenvalue weighted by Gasteiger charge is 2.41. The molecule has 1 aromatic rings. The van der Waals surface area contributed by atoms with Gasteiger partial charge in [0.05, 0.1) is 22.6 Å². The van der Waals surface area contributed by atoms with Crippen molar-refractivity contribution in [3.05, 3.63) is 50.2 Å². The van der Waals surface area contributed by atoms with Crippen LogP contribution in [0.3, 0.4) is 0 Å². The van der Waals surface area contributed by atoms with Crippen LogP contribution in [-0.2, 0) is 9.53 Å². The maximum Gasteiger partial charge on any atom is 0.338 e. The highest BCUT2D eigenvalue weighted by molar-refractivity contribution is 7.80. The molecule has 0 bridgehead atoms. The lowest BCUT2D eigenvalue weighted by Gasteiger charge is -2.38. The standard InChI is InChI=1S/C18H20ClN3O4S/c1-9(2)26-17(23)15-10(3)21(12-5-6-12)18(27)20-16(15)11-4-7-13(19)14(8-11)22(24)25/h4,7-9,12,16H,5-6H2,1-3H3,(H,20,27). The summed E-state index contributed by atoms with van der Waals surface area (Å²) in [6.07, 6.45) is 1.71. The summed E-state index contributed by atoms with van der Waals surface area (Å²) in [5.41, 5.74) is 1.43. The van der Waals surface area contributed by atoms with Gasteiger partial charge in [-0.2, -0.15) is 0 Å². The van der Waals surface area contributed by atoms with Gasteiger partial charge in [0.1, 0.15) is 5.02 Å². The number of nitrogens with zero attached hydrogens (tertiary/aromatic N) is 2. The van der Waals surface area contributed by atoms with Crippen LogP contribution >= 0.6 is 23.8 Å². The monoisotopic (exact) mass is 409 g/mol. The zero-order valence-electron chi connectivity index (χ0n) is 15.2. The third-order valence-corrected chi connectivity index (χ3v) is 5.14. The highest BCUT2D eigenvalue weighted by atomic mass is 35.5. The van der Waals surface area contributed by atoms with Crippen molar-refractivity contribution >= 4 is 40.6 Å². The molecule has 1 unspecified atom stereocenters. The first-order valence-electron chi connectivity index (χ1n) is 8.66. The van der Waals surface area contributed by atoms with E-state index in [1.807, 2.05) is 11.8 Å². The van der Waals surface area contributed by atoms with E-state index < -0.39 is 16.9 Å². The van der Waals surface area contributed by atoms with Gasteiger partial charge in [0, 0.05) is 17.8 Å². The molecule has 1 fully saturated rings. The Morgan fingerprint density at radius 2 is 2.11 bits per heavy atom. The predicted octanol–water partition coefficient (Wildman–Crippen LogP) is 3.87. The van der Waals surface area contributed by atoms with Crippen molar-refractivity contribution in [3.63, 3.8) is 0 Å². The third kappa shape index (κ3) is 3.91. The molecule has 144 valence electrons. The van der Waals surface area contributed by atoms with Crippen LogP contribution in [0.5, 0.6) is 0 Å². The summed E-state index contributed by atoms with van der Waals surface area (Å²) < 4.78 is 5.43. The number of benzene rings is 1. The Morgan fingerprint density at radius 1 is 1.44 bits per heavy atom. The van der Waals surface area contributed by atoms with Gasteiger partial charge in [-0.25, -0.2) is 4.79 Å². The van der Waals surface area contributed by atoms with Gasteiger partial charge in [0.2, 0.25) is 0 Å². The average molecular weight is 410 g/mol. The van der Waals surface area contributed by atoms with Crippen molar-refractivity contribution in [2.75, 3.05) is 0 Å². The summed E-state index contributed by atoms with van der Waals surface area (Å²) in [4.78, 5) is 25.5. The second-order valence-corrected chi connectivity index (χ2v) is 7.70. The Balaban J connectivity index is 2.09. The maximum absolute atomic E-state index is 12.8. The van der Waals surface area contributed by atoms with Crippen LogP contribution in [-0.4, -0.2) is 33.1 Å². The number of allylic oxidation sites excluding steroid dienone is 1. The van der Waals surface area contributed by atoms with E-state index in [1.54, 1.807) is 19.9 Å². The molecule has 0 saturated heterocycles. The molecule has 1 aliphatic carbocycles. The second-order valence-electron chi connectivity index (χ2n) is 6.90. The fraction of sp³-hybridized carbons (Fsp3) is 0.444. The molecule has 27 heavy (non-hydrogen) atoms. The molecule has 1 heterocycles. The summed E-state index contributed by atoms with van der Waals surface area (Å²) in [5, 5.41) is 15.0. The summed E-state index contributed by atoms with van der Waals surface area (Å²) in [6, 6.07) is 4.10. The van der Waals surface area contributed by atoms with Crippen LogP contribution < -0.4 is 5.32 Å². The van der Waals surface area contributed by atoms with E-state index in [1.165, 1.54) is 12.1 Å². The van der Waals surface area contributed by atoms with E-state index >= 15 is 0 Å². The minimum absolute atomic E-state index is 0.0359. The molecule has 0 radical (unpaired) electrons. The quantitative estimate of drug-likeness (QED) is 0.342. The maximum atomic E-state index is 12.8. The molecule has 0 aromatic heterocycles. The fourth-order valence-corrected chi connectivity index (χ4v) is 3.76. The molecule has 3 rings (SSSR count).